The Morgan fingerprint density at radius 2 is 1.48 bits per heavy atom. The average molecular weight is 698 g/mol. The summed E-state index contributed by atoms with van der Waals surface area (Å²) in [5, 5.41) is 4.78. The number of oxime groups is 1. The molecule has 4 rings (SSSR count). The molecule has 46 heavy (non-hydrogen) atoms. The SMILES string of the molecule is CO/N=C(\COCc1cc(C(F)(F)F)cc(C(F)(F)F)c1)C(CCN1CCN(CC(=O)N2CCCC2)CC1)c1ccc(Cl)c(Cl)c1. The minimum absolute atomic E-state index is 0.0763. The van der Waals surface area contributed by atoms with Crippen LogP contribution in [0.15, 0.2) is 41.6 Å². The van der Waals surface area contributed by atoms with E-state index in [-0.39, 0.29) is 24.1 Å². The van der Waals surface area contributed by atoms with Crippen LogP contribution in [0.25, 0.3) is 0 Å². The van der Waals surface area contributed by atoms with Gasteiger partial charge in [-0.15, -0.1) is 0 Å². The number of carbonyl (C=O) groups is 1. The van der Waals surface area contributed by atoms with Crippen molar-refractivity contribution in [3.63, 3.8) is 0 Å². The lowest BCUT2D eigenvalue weighted by Crippen LogP contribution is -2.50. The highest BCUT2D eigenvalue weighted by Gasteiger charge is 2.37. The van der Waals surface area contributed by atoms with E-state index in [9.17, 15) is 31.1 Å². The van der Waals surface area contributed by atoms with Gasteiger partial charge in [0.05, 0.1) is 46.6 Å². The number of alkyl halides is 6. The van der Waals surface area contributed by atoms with Crippen LogP contribution in [0.5, 0.6) is 0 Å². The zero-order valence-corrected chi connectivity index (χ0v) is 26.8. The molecule has 1 amide bonds. The van der Waals surface area contributed by atoms with Gasteiger partial charge in [0.25, 0.3) is 0 Å². The molecule has 2 saturated heterocycles. The number of benzene rings is 2. The van der Waals surface area contributed by atoms with Crippen molar-refractivity contribution in [2.75, 3.05) is 66.1 Å². The fraction of sp³-hybridized carbons (Fsp3) is 0.548. The zero-order chi connectivity index (χ0) is 33.5. The van der Waals surface area contributed by atoms with Crippen LogP contribution in [0.4, 0.5) is 26.3 Å². The van der Waals surface area contributed by atoms with Crippen molar-refractivity contribution in [3.8, 4) is 0 Å². The van der Waals surface area contributed by atoms with E-state index < -0.39 is 36.0 Å². The summed E-state index contributed by atoms with van der Waals surface area (Å²) in [5.41, 5.74) is -2.01. The summed E-state index contributed by atoms with van der Waals surface area (Å²) < 4.78 is 85.6. The monoisotopic (exact) mass is 696 g/mol. The van der Waals surface area contributed by atoms with Gasteiger partial charge in [-0.3, -0.25) is 9.69 Å². The second-order valence-electron chi connectivity index (χ2n) is 11.4. The van der Waals surface area contributed by atoms with Gasteiger partial charge in [-0.1, -0.05) is 34.4 Å². The van der Waals surface area contributed by atoms with Crippen LogP contribution in [-0.2, 0) is 33.3 Å². The first-order valence-corrected chi connectivity index (χ1v) is 15.6. The Balaban J connectivity index is 1.43. The standard InChI is InChI=1S/C31H36Cl2F6N4O3/c1-45-40-28(20-46-19-21-14-23(30(34,35)36)17-24(15-21)31(37,38)39)25(22-4-5-26(32)27(33)16-22)6-9-41-10-12-42(13-11-41)18-29(44)43-7-2-3-8-43/h4-5,14-17,25H,2-3,6-13,18-20H2,1H3/b40-28+. The molecule has 0 N–H and O–H groups in total. The number of ether oxygens (including phenoxy) is 1. The molecule has 254 valence electrons. The molecule has 0 bridgehead atoms. The lowest BCUT2D eigenvalue weighted by Gasteiger charge is -2.35. The van der Waals surface area contributed by atoms with Crippen molar-refractivity contribution < 1.29 is 40.7 Å². The van der Waals surface area contributed by atoms with E-state index in [1.807, 2.05) is 4.90 Å². The van der Waals surface area contributed by atoms with Crippen molar-refractivity contribution in [3.05, 3.63) is 68.7 Å². The molecular formula is C31H36Cl2F6N4O3. The summed E-state index contributed by atoms with van der Waals surface area (Å²) >= 11 is 12.5. The number of piperazine rings is 1. The smallest absolute Gasteiger partial charge is 0.399 e. The molecule has 0 radical (unpaired) electrons. The molecule has 2 aliphatic rings. The quantitative estimate of drug-likeness (QED) is 0.136. The van der Waals surface area contributed by atoms with E-state index >= 15 is 0 Å². The first-order valence-electron chi connectivity index (χ1n) is 14.9. The van der Waals surface area contributed by atoms with Crippen LogP contribution in [0.2, 0.25) is 10.0 Å². The van der Waals surface area contributed by atoms with Gasteiger partial charge in [0.1, 0.15) is 7.11 Å². The molecule has 2 aliphatic heterocycles. The Bertz CT molecular complexity index is 1330. The maximum absolute atomic E-state index is 13.3. The fourth-order valence-electron chi connectivity index (χ4n) is 5.68. The Morgan fingerprint density at radius 3 is 2.04 bits per heavy atom. The number of rotatable bonds is 12. The Kier molecular flexibility index (Phi) is 12.6. The normalized spacial score (nSPS) is 17.8. The molecule has 15 heteroatoms. The van der Waals surface area contributed by atoms with E-state index in [1.165, 1.54) is 7.11 Å². The third-order valence-electron chi connectivity index (χ3n) is 8.14. The number of nitrogens with zero attached hydrogens (tertiary/aromatic N) is 4. The molecule has 0 spiro atoms. The Hall–Kier alpha value is -2.58. The van der Waals surface area contributed by atoms with Crippen molar-refractivity contribution in [2.45, 2.75) is 44.1 Å². The number of carbonyl (C=O) groups excluding carboxylic acids is 1. The third kappa shape index (κ3) is 10.2. The lowest BCUT2D eigenvalue weighted by molar-refractivity contribution is -0.143. The number of likely N-dealkylation sites (tertiary alicyclic amines) is 1. The van der Waals surface area contributed by atoms with Gasteiger partial charge in [-0.2, -0.15) is 26.3 Å². The summed E-state index contributed by atoms with van der Waals surface area (Å²) in [5.74, 6) is -0.262. The first-order chi connectivity index (χ1) is 21.7. The number of amides is 1. The molecule has 2 heterocycles. The Morgan fingerprint density at radius 1 is 0.870 bits per heavy atom. The highest BCUT2D eigenvalue weighted by molar-refractivity contribution is 6.42. The fourth-order valence-corrected chi connectivity index (χ4v) is 5.99. The van der Waals surface area contributed by atoms with E-state index in [1.54, 1.807) is 18.2 Å². The molecule has 1 atom stereocenters. The molecule has 0 aromatic heterocycles. The predicted octanol–water partition coefficient (Wildman–Crippen LogP) is 6.96. The first kappa shape index (κ1) is 36.3. The van der Waals surface area contributed by atoms with Gasteiger partial charge in [0.15, 0.2) is 0 Å². The van der Waals surface area contributed by atoms with E-state index in [4.69, 9.17) is 32.8 Å². The van der Waals surface area contributed by atoms with Crippen LogP contribution in [0, 0.1) is 0 Å². The van der Waals surface area contributed by atoms with Crippen molar-refractivity contribution >= 4 is 34.8 Å². The summed E-state index contributed by atoms with van der Waals surface area (Å²) in [7, 11) is 1.33. The van der Waals surface area contributed by atoms with E-state index in [0.29, 0.717) is 47.4 Å². The summed E-state index contributed by atoms with van der Waals surface area (Å²) in [6.07, 6.45) is -7.32. The maximum atomic E-state index is 13.3. The minimum Gasteiger partial charge on any atom is -0.399 e. The van der Waals surface area contributed by atoms with Crippen molar-refractivity contribution in [1.82, 2.24) is 14.7 Å². The third-order valence-corrected chi connectivity index (χ3v) is 8.88. The minimum atomic E-state index is -4.97. The number of hydrogen-bond donors (Lipinski definition) is 0. The van der Waals surface area contributed by atoms with E-state index in [0.717, 1.165) is 57.7 Å². The molecule has 2 fully saturated rings. The molecule has 1 unspecified atom stereocenters. The molecule has 0 saturated carbocycles. The van der Waals surface area contributed by atoms with Gasteiger partial charge >= 0.3 is 12.4 Å². The van der Waals surface area contributed by atoms with Gasteiger partial charge in [-0.05, 0) is 67.3 Å². The molecule has 2 aromatic rings. The van der Waals surface area contributed by atoms with Crippen LogP contribution < -0.4 is 0 Å². The Labute approximate surface area is 274 Å². The molecular weight excluding hydrogens is 661 g/mol. The second-order valence-corrected chi connectivity index (χ2v) is 12.2. The molecule has 0 aliphatic carbocycles. The predicted molar refractivity (Wildman–Crippen MR) is 163 cm³/mol. The summed E-state index contributed by atoms with van der Waals surface area (Å²) in [6, 6.07) is 6.44. The highest BCUT2D eigenvalue weighted by Crippen LogP contribution is 2.37. The maximum Gasteiger partial charge on any atom is 0.416 e. The van der Waals surface area contributed by atoms with Crippen LogP contribution >= 0.6 is 23.2 Å². The van der Waals surface area contributed by atoms with E-state index in [2.05, 4.69) is 15.0 Å². The highest BCUT2D eigenvalue weighted by atomic mass is 35.5. The molecule has 7 nitrogen and oxygen atoms in total. The average Bonchev–Trinajstić information content (AvgIpc) is 3.54. The largest absolute Gasteiger partial charge is 0.416 e. The van der Waals surface area contributed by atoms with Gasteiger partial charge in [0, 0.05) is 45.2 Å². The van der Waals surface area contributed by atoms with Gasteiger partial charge < -0.3 is 19.4 Å². The van der Waals surface area contributed by atoms with Gasteiger partial charge in [-0.25, -0.2) is 0 Å². The zero-order valence-electron chi connectivity index (χ0n) is 25.3. The molecule has 2 aromatic carbocycles. The van der Waals surface area contributed by atoms with Gasteiger partial charge in [0.2, 0.25) is 5.91 Å². The van der Waals surface area contributed by atoms with Crippen LogP contribution in [-0.4, -0.2) is 92.4 Å². The number of halogens is 8. The van der Waals surface area contributed by atoms with Crippen molar-refractivity contribution in [2.24, 2.45) is 5.16 Å². The van der Waals surface area contributed by atoms with Crippen LogP contribution in [0.3, 0.4) is 0 Å². The summed E-state index contributed by atoms with van der Waals surface area (Å²) in [4.78, 5) is 24.0. The summed E-state index contributed by atoms with van der Waals surface area (Å²) in [6.45, 7) is 4.85. The van der Waals surface area contributed by atoms with Crippen molar-refractivity contribution in [1.29, 1.82) is 0 Å². The lowest BCUT2D eigenvalue weighted by atomic mass is 9.90. The van der Waals surface area contributed by atoms with Crippen LogP contribution in [0.1, 0.15) is 47.4 Å². The second kappa shape index (κ2) is 16.0. The number of hydrogen-bond acceptors (Lipinski definition) is 6. The topological polar surface area (TPSA) is 57.6 Å².